The fourth-order valence-corrected chi connectivity index (χ4v) is 4.43. The van der Waals surface area contributed by atoms with Gasteiger partial charge >= 0.3 is 0 Å². The van der Waals surface area contributed by atoms with E-state index in [1.165, 1.54) is 38.8 Å². The molecule has 0 aromatic heterocycles. The van der Waals surface area contributed by atoms with Crippen molar-refractivity contribution in [3.63, 3.8) is 0 Å². The molecule has 100 valence electrons. The smallest absolute Gasteiger partial charge is 0.0106 e. The Morgan fingerprint density at radius 1 is 1.12 bits per heavy atom. The number of nitrogens with two attached hydrogens (primary N) is 1. The van der Waals surface area contributed by atoms with Crippen LogP contribution < -0.4 is 5.73 Å². The Bertz CT molecular complexity index is 254. The van der Waals surface area contributed by atoms with Crippen molar-refractivity contribution in [2.24, 2.45) is 22.5 Å². The summed E-state index contributed by atoms with van der Waals surface area (Å²) >= 11 is 0. The van der Waals surface area contributed by atoms with Crippen molar-refractivity contribution in [2.75, 3.05) is 19.6 Å². The first-order chi connectivity index (χ1) is 7.81. The molecule has 2 N–H and O–H groups in total. The van der Waals surface area contributed by atoms with E-state index in [-0.39, 0.29) is 0 Å². The second kappa shape index (κ2) is 4.55. The molecular formula is C15H30N2. The molecule has 2 aliphatic rings. The van der Waals surface area contributed by atoms with E-state index in [9.17, 15) is 0 Å². The molecule has 1 aliphatic heterocycles. The number of likely N-dealkylation sites (tertiary alicyclic amines) is 1. The van der Waals surface area contributed by atoms with Gasteiger partial charge in [-0.25, -0.2) is 0 Å². The van der Waals surface area contributed by atoms with E-state index >= 15 is 0 Å². The summed E-state index contributed by atoms with van der Waals surface area (Å²) in [6.45, 7) is 13.2. The lowest BCUT2D eigenvalue weighted by molar-refractivity contribution is 0.0332. The molecule has 2 fully saturated rings. The Balaban J connectivity index is 2.01. The summed E-state index contributed by atoms with van der Waals surface area (Å²) in [6, 6.07) is 0.797. The third-order valence-corrected chi connectivity index (χ3v) is 4.70. The first-order valence-electron chi connectivity index (χ1n) is 7.25. The zero-order valence-corrected chi connectivity index (χ0v) is 12.1. The van der Waals surface area contributed by atoms with Crippen LogP contribution in [0, 0.1) is 16.7 Å². The zero-order valence-electron chi connectivity index (χ0n) is 12.1. The second-order valence-electron chi connectivity index (χ2n) is 7.95. The van der Waals surface area contributed by atoms with E-state index in [2.05, 4.69) is 32.6 Å². The summed E-state index contributed by atoms with van der Waals surface area (Å²) in [6.07, 6.45) is 5.42. The number of hydrogen-bond donors (Lipinski definition) is 1. The summed E-state index contributed by atoms with van der Waals surface area (Å²) in [5, 5.41) is 0. The Hall–Kier alpha value is -0.0800. The highest BCUT2D eigenvalue weighted by Gasteiger charge is 2.41. The minimum atomic E-state index is 0.507. The van der Waals surface area contributed by atoms with Crippen LogP contribution in [0.4, 0.5) is 0 Å². The lowest BCUT2D eigenvalue weighted by Gasteiger charge is -2.48. The third kappa shape index (κ3) is 3.23. The molecule has 0 radical (unpaired) electrons. The molecule has 1 aliphatic carbocycles. The van der Waals surface area contributed by atoms with Crippen LogP contribution in [-0.4, -0.2) is 30.6 Å². The Morgan fingerprint density at radius 2 is 1.71 bits per heavy atom. The number of hydrogen-bond acceptors (Lipinski definition) is 2. The molecule has 0 aromatic rings. The van der Waals surface area contributed by atoms with Gasteiger partial charge in [0.2, 0.25) is 0 Å². The molecule has 1 unspecified atom stereocenters. The summed E-state index contributed by atoms with van der Waals surface area (Å²) in [5.74, 6) is 0.753. The quantitative estimate of drug-likeness (QED) is 0.801. The van der Waals surface area contributed by atoms with Gasteiger partial charge in [-0.1, -0.05) is 27.7 Å². The molecular weight excluding hydrogens is 208 g/mol. The molecule has 1 saturated carbocycles. The largest absolute Gasteiger partial charge is 0.330 e. The van der Waals surface area contributed by atoms with E-state index < -0.39 is 0 Å². The molecule has 2 rings (SSSR count). The first kappa shape index (κ1) is 13.4. The third-order valence-electron chi connectivity index (χ3n) is 4.70. The molecule has 1 saturated heterocycles. The normalized spacial score (nSPS) is 34.1. The second-order valence-corrected chi connectivity index (χ2v) is 7.95. The maximum Gasteiger partial charge on any atom is 0.0106 e. The van der Waals surface area contributed by atoms with Gasteiger partial charge in [-0.15, -0.1) is 0 Å². The van der Waals surface area contributed by atoms with Crippen molar-refractivity contribution >= 4 is 0 Å². The van der Waals surface area contributed by atoms with Gasteiger partial charge in [0.05, 0.1) is 0 Å². The predicted octanol–water partition coefficient (Wildman–Crippen LogP) is 2.87. The molecule has 0 amide bonds. The van der Waals surface area contributed by atoms with Crippen LogP contribution in [0.1, 0.15) is 53.4 Å². The summed E-state index contributed by atoms with van der Waals surface area (Å²) in [4.78, 5) is 2.72. The van der Waals surface area contributed by atoms with Crippen LogP contribution in [0.5, 0.6) is 0 Å². The Labute approximate surface area is 107 Å². The standard InChI is InChI=1S/C15H30N2/c1-14(2)7-13(8-15(3,4)11-14)17-6-5-12(9-16)10-17/h12-13H,5-11,16H2,1-4H3. The highest BCUT2D eigenvalue weighted by Crippen LogP contribution is 2.47. The monoisotopic (exact) mass is 238 g/mol. The SMILES string of the molecule is CC1(C)CC(N2CCC(CN)C2)CC(C)(C)C1. The summed E-state index contributed by atoms with van der Waals surface area (Å²) < 4.78 is 0. The van der Waals surface area contributed by atoms with Gasteiger partial charge in [-0.05, 0) is 55.5 Å². The number of nitrogens with zero attached hydrogens (tertiary/aromatic N) is 1. The van der Waals surface area contributed by atoms with Crippen LogP contribution in [0.15, 0.2) is 0 Å². The lowest BCUT2D eigenvalue weighted by atomic mass is 9.63. The first-order valence-corrected chi connectivity index (χ1v) is 7.25. The zero-order chi connectivity index (χ0) is 12.7. The van der Waals surface area contributed by atoms with Crippen LogP contribution in [0.25, 0.3) is 0 Å². The van der Waals surface area contributed by atoms with Gasteiger partial charge in [0, 0.05) is 12.6 Å². The number of rotatable bonds is 2. The summed E-state index contributed by atoms with van der Waals surface area (Å²) in [7, 11) is 0. The van der Waals surface area contributed by atoms with Gasteiger partial charge in [-0.2, -0.15) is 0 Å². The van der Waals surface area contributed by atoms with Crippen LogP contribution in [-0.2, 0) is 0 Å². The van der Waals surface area contributed by atoms with Crippen LogP contribution in [0.2, 0.25) is 0 Å². The van der Waals surface area contributed by atoms with E-state index in [0.717, 1.165) is 18.5 Å². The van der Waals surface area contributed by atoms with Crippen molar-refractivity contribution < 1.29 is 0 Å². The lowest BCUT2D eigenvalue weighted by Crippen LogP contribution is -2.45. The van der Waals surface area contributed by atoms with Gasteiger partial charge in [0.25, 0.3) is 0 Å². The van der Waals surface area contributed by atoms with E-state index in [4.69, 9.17) is 5.73 Å². The van der Waals surface area contributed by atoms with Crippen LogP contribution in [0.3, 0.4) is 0 Å². The fraction of sp³-hybridized carbons (Fsp3) is 1.00. The van der Waals surface area contributed by atoms with E-state index in [0.29, 0.717) is 10.8 Å². The van der Waals surface area contributed by atoms with Gasteiger partial charge < -0.3 is 10.6 Å². The Morgan fingerprint density at radius 3 is 2.18 bits per heavy atom. The van der Waals surface area contributed by atoms with Gasteiger partial charge in [-0.3, -0.25) is 0 Å². The Kier molecular flexibility index (Phi) is 3.57. The van der Waals surface area contributed by atoms with Crippen molar-refractivity contribution in [3.05, 3.63) is 0 Å². The minimum absolute atomic E-state index is 0.507. The predicted molar refractivity (Wildman–Crippen MR) is 73.9 cm³/mol. The average Bonchev–Trinajstić information content (AvgIpc) is 2.60. The van der Waals surface area contributed by atoms with E-state index in [1.54, 1.807) is 0 Å². The molecule has 2 nitrogen and oxygen atoms in total. The van der Waals surface area contributed by atoms with Gasteiger partial charge in [0.15, 0.2) is 0 Å². The van der Waals surface area contributed by atoms with Gasteiger partial charge in [0.1, 0.15) is 0 Å². The molecule has 0 spiro atoms. The molecule has 1 atom stereocenters. The molecule has 2 heteroatoms. The molecule has 1 heterocycles. The maximum atomic E-state index is 5.81. The average molecular weight is 238 g/mol. The topological polar surface area (TPSA) is 29.3 Å². The fourth-order valence-electron chi connectivity index (χ4n) is 4.43. The maximum absolute atomic E-state index is 5.81. The highest BCUT2D eigenvalue weighted by atomic mass is 15.2. The minimum Gasteiger partial charge on any atom is -0.330 e. The summed E-state index contributed by atoms with van der Waals surface area (Å²) in [5.41, 5.74) is 6.82. The molecule has 0 aromatic carbocycles. The highest BCUT2D eigenvalue weighted by molar-refractivity contribution is 4.95. The van der Waals surface area contributed by atoms with Crippen LogP contribution >= 0.6 is 0 Å². The van der Waals surface area contributed by atoms with E-state index in [1.807, 2.05) is 0 Å². The van der Waals surface area contributed by atoms with Crippen molar-refractivity contribution in [2.45, 2.75) is 59.4 Å². The van der Waals surface area contributed by atoms with Crippen molar-refractivity contribution in [1.29, 1.82) is 0 Å². The van der Waals surface area contributed by atoms with Crippen molar-refractivity contribution in [3.8, 4) is 0 Å². The molecule has 0 bridgehead atoms. The molecule has 17 heavy (non-hydrogen) atoms. The van der Waals surface area contributed by atoms with Crippen molar-refractivity contribution in [1.82, 2.24) is 4.90 Å².